The number of hydrogen-bond donors (Lipinski definition) is 1. The Balaban J connectivity index is 1.70. The number of aromatic amines is 1. The first-order chi connectivity index (χ1) is 12.6. The Labute approximate surface area is 149 Å². The van der Waals surface area contributed by atoms with Gasteiger partial charge in [-0.15, -0.1) is 0 Å². The second-order valence-electron chi connectivity index (χ2n) is 6.69. The molecule has 4 heterocycles. The zero-order valence-electron chi connectivity index (χ0n) is 14.9. The summed E-state index contributed by atoms with van der Waals surface area (Å²) in [6.45, 7) is 4.40. The van der Waals surface area contributed by atoms with Crippen LogP contribution in [0.3, 0.4) is 0 Å². The molecule has 0 saturated carbocycles. The largest absolute Gasteiger partial charge is 0.351 e. The second-order valence-corrected chi connectivity index (χ2v) is 6.69. The fourth-order valence-electron chi connectivity index (χ4n) is 3.52. The van der Waals surface area contributed by atoms with E-state index in [0.717, 1.165) is 37.1 Å². The highest BCUT2D eigenvalue weighted by atomic mass is 16.5. The van der Waals surface area contributed by atoms with Crippen LogP contribution in [0.15, 0.2) is 27.5 Å². The minimum Gasteiger partial charge on any atom is -0.351 e. The average Bonchev–Trinajstić information content (AvgIpc) is 3.28. The Morgan fingerprint density at radius 1 is 1.35 bits per heavy atom. The van der Waals surface area contributed by atoms with Gasteiger partial charge >= 0.3 is 0 Å². The number of likely N-dealkylation sites (tertiary alicyclic amines) is 1. The molecular formula is C18H21N5O3. The number of piperidine rings is 1. The number of aromatic nitrogens is 4. The zero-order valence-corrected chi connectivity index (χ0v) is 14.9. The van der Waals surface area contributed by atoms with E-state index in [1.165, 1.54) is 10.6 Å². The highest BCUT2D eigenvalue weighted by Gasteiger charge is 2.32. The Kier molecular flexibility index (Phi) is 4.10. The molecule has 1 amide bonds. The number of aryl methyl sites for hydroxylation is 2. The number of nitrogens with zero attached hydrogens (tertiary/aromatic N) is 4. The lowest BCUT2D eigenvalue weighted by atomic mass is 9.99. The molecular weight excluding hydrogens is 334 g/mol. The van der Waals surface area contributed by atoms with Crippen LogP contribution in [-0.2, 0) is 6.42 Å². The van der Waals surface area contributed by atoms with Gasteiger partial charge in [0.1, 0.15) is 0 Å². The molecule has 1 atom stereocenters. The predicted molar refractivity (Wildman–Crippen MR) is 94.1 cm³/mol. The third-order valence-electron chi connectivity index (χ3n) is 4.85. The van der Waals surface area contributed by atoms with Crippen LogP contribution in [0.4, 0.5) is 0 Å². The molecule has 0 spiro atoms. The highest BCUT2D eigenvalue weighted by molar-refractivity contribution is 5.91. The van der Waals surface area contributed by atoms with Crippen LogP contribution in [0.2, 0.25) is 0 Å². The Morgan fingerprint density at radius 2 is 2.19 bits per heavy atom. The maximum Gasteiger partial charge on any atom is 0.293 e. The SMILES string of the molecule is CCc1cc(C(=O)N2CCCCC2c2cc3nc(C)cc(=O)n3[nH]2)on1. The molecule has 1 N–H and O–H groups in total. The van der Waals surface area contributed by atoms with Crippen molar-refractivity contribution in [3.05, 3.63) is 51.4 Å². The lowest BCUT2D eigenvalue weighted by Crippen LogP contribution is -2.38. The molecule has 3 aromatic heterocycles. The van der Waals surface area contributed by atoms with Gasteiger partial charge in [0.05, 0.1) is 17.4 Å². The molecule has 4 rings (SSSR count). The molecule has 8 heteroatoms. The first-order valence-electron chi connectivity index (χ1n) is 8.92. The van der Waals surface area contributed by atoms with Gasteiger partial charge in [-0.25, -0.2) is 9.50 Å². The van der Waals surface area contributed by atoms with E-state index in [0.29, 0.717) is 17.9 Å². The van der Waals surface area contributed by atoms with E-state index in [4.69, 9.17) is 4.52 Å². The van der Waals surface area contributed by atoms with Crippen LogP contribution < -0.4 is 5.56 Å². The van der Waals surface area contributed by atoms with E-state index in [1.807, 2.05) is 13.0 Å². The van der Waals surface area contributed by atoms with Crippen molar-refractivity contribution in [1.29, 1.82) is 0 Å². The third kappa shape index (κ3) is 2.81. The number of hydrogen-bond acceptors (Lipinski definition) is 5. The maximum absolute atomic E-state index is 12.9. The van der Waals surface area contributed by atoms with Crippen LogP contribution in [0.5, 0.6) is 0 Å². The van der Waals surface area contributed by atoms with E-state index in [-0.39, 0.29) is 23.3 Å². The number of carbonyl (C=O) groups excluding carboxylic acids is 1. The fraction of sp³-hybridized carbons (Fsp3) is 0.444. The van der Waals surface area contributed by atoms with Crippen molar-refractivity contribution in [2.24, 2.45) is 0 Å². The lowest BCUT2D eigenvalue weighted by Gasteiger charge is -2.34. The van der Waals surface area contributed by atoms with Gasteiger partial charge < -0.3 is 9.42 Å². The van der Waals surface area contributed by atoms with Crippen LogP contribution >= 0.6 is 0 Å². The van der Waals surface area contributed by atoms with Crippen LogP contribution in [0.1, 0.15) is 59.9 Å². The number of H-pyrrole nitrogens is 1. The van der Waals surface area contributed by atoms with Crippen LogP contribution in [0, 0.1) is 6.92 Å². The molecule has 0 aromatic carbocycles. The molecule has 1 aliphatic rings. The molecule has 136 valence electrons. The van der Waals surface area contributed by atoms with Gasteiger partial charge in [-0.2, -0.15) is 0 Å². The number of nitrogens with one attached hydrogen (secondary N) is 1. The van der Waals surface area contributed by atoms with Crippen LogP contribution in [-0.4, -0.2) is 37.1 Å². The van der Waals surface area contributed by atoms with Crippen LogP contribution in [0.25, 0.3) is 5.65 Å². The van der Waals surface area contributed by atoms with E-state index in [9.17, 15) is 9.59 Å². The lowest BCUT2D eigenvalue weighted by molar-refractivity contribution is 0.0563. The number of fused-ring (bicyclic) bond motifs is 1. The summed E-state index contributed by atoms with van der Waals surface area (Å²) in [5.41, 5.74) is 2.65. The molecule has 0 radical (unpaired) electrons. The minimum atomic E-state index is -0.169. The molecule has 1 aliphatic heterocycles. The van der Waals surface area contributed by atoms with Gasteiger partial charge in [-0.3, -0.25) is 14.7 Å². The van der Waals surface area contributed by atoms with Gasteiger partial charge in [-0.05, 0) is 32.6 Å². The summed E-state index contributed by atoms with van der Waals surface area (Å²) in [4.78, 5) is 31.3. The summed E-state index contributed by atoms with van der Waals surface area (Å²) in [7, 11) is 0. The van der Waals surface area contributed by atoms with Gasteiger partial charge in [-0.1, -0.05) is 12.1 Å². The summed E-state index contributed by atoms with van der Waals surface area (Å²) in [5, 5.41) is 7.03. The standard InChI is InChI=1S/C18H21N5O3/c1-3-12-9-15(26-21-12)18(25)22-7-5-4-6-14(22)13-10-16-19-11(2)8-17(24)23(16)20-13/h8-10,14,20H,3-7H2,1-2H3. The van der Waals surface area contributed by atoms with Gasteiger partial charge in [0, 0.05) is 30.4 Å². The van der Waals surface area contributed by atoms with Gasteiger partial charge in [0.2, 0.25) is 5.76 Å². The van der Waals surface area contributed by atoms with Crippen molar-refractivity contribution in [3.63, 3.8) is 0 Å². The van der Waals surface area contributed by atoms with Crippen molar-refractivity contribution in [2.75, 3.05) is 6.54 Å². The quantitative estimate of drug-likeness (QED) is 0.777. The summed E-state index contributed by atoms with van der Waals surface area (Å²) in [5.74, 6) is 0.0908. The third-order valence-corrected chi connectivity index (χ3v) is 4.85. The summed E-state index contributed by atoms with van der Waals surface area (Å²) in [6, 6.07) is 4.89. The second kappa shape index (κ2) is 6.44. The summed E-state index contributed by atoms with van der Waals surface area (Å²) >= 11 is 0. The monoisotopic (exact) mass is 355 g/mol. The zero-order chi connectivity index (χ0) is 18.3. The topological polar surface area (TPSA) is 96.5 Å². The van der Waals surface area contributed by atoms with E-state index < -0.39 is 0 Å². The average molecular weight is 355 g/mol. The van der Waals surface area contributed by atoms with E-state index >= 15 is 0 Å². The molecule has 1 saturated heterocycles. The normalized spacial score (nSPS) is 17.8. The Morgan fingerprint density at radius 3 is 2.96 bits per heavy atom. The number of amides is 1. The predicted octanol–water partition coefficient (Wildman–Crippen LogP) is 2.25. The first kappa shape index (κ1) is 16.6. The Bertz CT molecular complexity index is 1020. The number of rotatable bonds is 3. The summed E-state index contributed by atoms with van der Waals surface area (Å²) < 4.78 is 6.65. The number of carbonyl (C=O) groups is 1. The van der Waals surface area contributed by atoms with Gasteiger partial charge in [0.25, 0.3) is 11.5 Å². The van der Waals surface area contributed by atoms with Crippen molar-refractivity contribution in [2.45, 2.75) is 45.6 Å². The van der Waals surface area contributed by atoms with Gasteiger partial charge in [0.15, 0.2) is 5.65 Å². The smallest absolute Gasteiger partial charge is 0.293 e. The molecule has 8 nitrogen and oxygen atoms in total. The highest BCUT2D eigenvalue weighted by Crippen LogP contribution is 2.31. The van der Waals surface area contributed by atoms with Crippen molar-refractivity contribution < 1.29 is 9.32 Å². The molecule has 26 heavy (non-hydrogen) atoms. The van der Waals surface area contributed by atoms with E-state index in [2.05, 4.69) is 15.2 Å². The minimum absolute atomic E-state index is 0.146. The molecule has 1 unspecified atom stereocenters. The van der Waals surface area contributed by atoms with E-state index in [1.54, 1.807) is 17.9 Å². The van der Waals surface area contributed by atoms with Crippen molar-refractivity contribution in [1.82, 2.24) is 24.7 Å². The molecule has 0 aliphatic carbocycles. The molecule has 1 fully saturated rings. The molecule has 0 bridgehead atoms. The maximum atomic E-state index is 12.9. The molecule has 3 aromatic rings. The van der Waals surface area contributed by atoms with Crippen molar-refractivity contribution in [3.8, 4) is 0 Å². The summed E-state index contributed by atoms with van der Waals surface area (Å²) in [6.07, 6.45) is 3.49. The Hall–Kier alpha value is -2.90. The van der Waals surface area contributed by atoms with Crippen molar-refractivity contribution >= 4 is 11.6 Å². The fourth-order valence-corrected chi connectivity index (χ4v) is 3.52. The first-order valence-corrected chi connectivity index (χ1v) is 8.92.